The quantitative estimate of drug-likeness (QED) is 0.190. The topological polar surface area (TPSA) is 58.4 Å². The van der Waals surface area contributed by atoms with E-state index in [-0.39, 0.29) is 42.7 Å². The van der Waals surface area contributed by atoms with Crippen LogP contribution in [0, 0.1) is 0 Å². The second-order valence-electron chi connectivity index (χ2n) is 11.0. The minimum Gasteiger partial charge on any atom is -0.334 e. The largest absolute Gasteiger partial charge is 0.334 e. The van der Waals surface area contributed by atoms with Crippen molar-refractivity contribution in [2.45, 2.75) is 45.7 Å². The Hall–Kier alpha value is -3.87. The van der Waals surface area contributed by atoms with Crippen molar-refractivity contribution < 1.29 is 9.59 Å². The highest BCUT2D eigenvalue weighted by atomic mass is 35.5. The van der Waals surface area contributed by atoms with Gasteiger partial charge in [0.1, 0.15) is 5.82 Å². The molecule has 6 nitrogen and oxygen atoms in total. The number of nitrogens with zero attached hydrogens (tertiary/aromatic N) is 4. The molecule has 6 rings (SSSR count). The Labute approximate surface area is 265 Å². The molecule has 1 saturated heterocycles. The summed E-state index contributed by atoms with van der Waals surface area (Å²) in [5.41, 5.74) is 2.87. The van der Waals surface area contributed by atoms with E-state index in [9.17, 15) is 9.59 Å². The van der Waals surface area contributed by atoms with Gasteiger partial charge < -0.3 is 14.4 Å². The maximum atomic E-state index is 13.9. The van der Waals surface area contributed by atoms with Crippen LogP contribution in [-0.4, -0.2) is 50.8 Å². The van der Waals surface area contributed by atoms with Gasteiger partial charge in [0.25, 0.3) is 5.91 Å². The summed E-state index contributed by atoms with van der Waals surface area (Å²) in [4.78, 5) is 35.5. The van der Waals surface area contributed by atoms with Crippen molar-refractivity contribution in [2.75, 3.05) is 19.6 Å². The summed E-state index contributed by atoms with van der Waals surface area (Å²) < 4.78 is 2.28. The van der Waals surface area contributed by atoms with Crippen LogP contribution in [0.2, 0.25) is 0 Å². The van der Waals surface area contributed by atoms with E-state index in [4.69, 9.17) is 4.98 Å². The molecule has 43 heavy (non-hydrogen) atoms. The number of unbranched alkanes of at least 4 members (excludes halogenated alkanes) is 1. The third-order valence-corrected chi connectivity index (χ3v) is 8.31. The van der Waals surface area contributed by atoms with Crippen LogP contribution >= 0.6 is 24.8 Å². The molecule has 224 valence electrons. The first-order chi connectivity index (χ1) is 20.0. The standard InChI is InChI=1S/C35H36N4O2.2ClH/c1-3-4-16-34-36-22-32(39(34)23-26-17-18-27-10-5-6-12-29(27)21-26)33-24-37(19-20-38(33)25(2)40)35(41)31-15-9-13-28-11-7-8-14-30(28)31;;/h5-15,17-18,21-22,33H,3-4,16,19-20,23-24H2,1-2H3;2*1H/t33-;;/m0../s1. The third kappa shape index (κ3) is 6.56. The first-order valence-corrected chi connectivity index (χ1v) is 14.6. The number of fused-ring (bicyclic) bond motifs is 2. The number of piperazine rings is 1. The lowest BCUT2D eigenvalue weighted by Gasteiger charge is -2.41. The molecule has 2 amide bonds. The minimum absolute atomic E-state index is 0. The molecule has 8 heteroatoms. The van der Waals surface area contributed by atoms with E-state index in [1.165, 1.54) is 16.3 Å². The Morgan fingerprint density at radius 2 is 1.58 bits per heavy atom. The van der Waals surface area contributed by atoms with Crippen LogP contribution in [-0.2, 0) is 17.8 Å². The van der Waals surface area contributed by atoms with Gasteiger partial charge in [-0.1, -0.05) is 86.1 Å². The lowest BCUT2D eigenvalue weighted by atomic mass is 10.0. The summed E-state index contributed by atoms with van der Waals surface area (Å²) >= 11 is 0. The number of hydrogen-bond acceptors (Lipinski definition) is 3. The first-order valence-electron chi connectivity index (χ1n) is 14.6. The number of benzene rings is 4. The fourth-order valence-electron chi connectivity index (χ4n) is 6.11. The molecule has 0 bridgehead atoms. The predicted molar refractivity (Wildman–Crippen MR) is 178 cm³/mol. The number of halogens is 2. The monoisotopic (exact) mass is 616 g/mol. The highest BCUT2D eigenvalue weighted by molar-refractivity contribution is 6.07. The van der Waals surface area contributed by atoms with E-state index in [0.717, 1.165) is 41.6 Å². The molecule has 1 atom stereocenters. The fourth-order valence-corrected chi connectivity index (χ4v) is 6.11. The van der Waals surface area contributed by atoms with Crippen LogP contribution in [0.4, 0.5) is 0 Å². The van der Waals surface area contributed by atoms with E-state index in [0.29, 0.717) is 31.7 Å². The molecule has 1 aliphatic heterocycles. The third-order valence-electron chi connectivity index (χ3n) is 8.31. The van der Waals surface area contributed by atoms with E-state index in [1.807, 2.05) is 58.5 Å². The molecule has 1 aromatic heterocycles. The second-order valence-corrected chi connectivity index (χ2v) is 11.0. The zero-order chi connectivity index (χ0) is 28.3. The van der Waals surface area contributed by atoms with Crippen LogP contribution in [0.5, 0.6) is 0 Å². The Morgan fingerprint density at radius 3 is 2.35 bits per heavy atom. The minimum atomic E-state index is -0.275. The van der Waals surface area contributed by atoms with Crippen LogP contribution in [0.15, 0.2) is 91.1 Å². The second kappa shape index (κ2) is 14.1. The van der Waals surface area contributed by atoms with E-state index >= 15 is 0 Å². The average Bonchev–Trinajstić information content (AvgIpc) is 3.40. The molecule has 0 N–H and O–H groups in total. The number of aryl methyl sites for hydroxylation is 1. The summed E-state index contributed by atoms with van der Waals surface area (Å²) in [7, 11) is 0. The number of imidazole rings is 1. The first kappa shape index (κ1) is 32.1. The lowest BCUT2D eigenvalue weighted by Crippen LogP contribution is -2.52. The number of carbonyl (C=O) groups is 2. The van der Waals surface area contributed by atoms with Crippen molar-refractivity contribution in [1.82, 2.24) is 19.4 Å². The van der Waals surface area contributed by atoms with Gasteiger partial charge in [-0.15, -0.1) is 24.8 Å². The Bertz CT molecular complexity index is 1730. The summed E-state index contributed by atoms with van der Waals surface area (Å²) in [6.07, 6.45) is 4.92. The molecule has 1 fully saturated rings. The van der Waals surface area contributed by atoms with Crippen molar-refractivity contribution in [3.63, 3.8) is 0 Å². The molecule has 1 aliphatic rings. The van der Waals surface area contributed by atoms with Gasteiger partial charge >= 0.3 is 0 Å². The number of hydrogen-bond donors (Lipinski definition) is 0. The van der Waals surface area contributed by atoms with Gasteiger partial charge in [-0.05, 0) is 45.7 Å². The Kier molecular flexibility index (Phi) is 10.5. The van der Waals surface area contributed by atoms with Crippen LogP contribution in [0.3, 0.4) is 0 Å². The molecule has 2 heterocycles. The Balaban J connectivity index is 0.00000212. The van der Waals surface area contributed by atoms with Crippen molar-refractivity contribution >= 4 is 58.2 Å². The lowest BCUT2D eigenvalue weighted by molar-refractivity contribution is -0.133. The smallest absolute Gasteiger partial charge is 0.254 e. The number of aromatic nitrogens is 2. The van der Waals surface area contributed by atoms with Crippen LogP contribution in [0.1, 0.15) is 60.2 Å². The van der Waals surface area contributed by atoms with Gasteiger partial charge in [0, 0.05) is 45.1 Å². The van der Waals surface area contributed by atoms with Gasteiger partial charge in [0.2, 0.25) is 5.91 Å². The predicted octanol–water partition coefficient (Wildman–Crippen LogP) is 7.47. The molecule has 0 spiro atoms. The van der Waals surface area contributed by atoms with Crippen LogP contribution < -0.4 is 0 Å². The zero-order valence-corrected chi connectivity index (χ0v) is 26.2. The summed E-state index contributed by atoms with van der Waals surface area (Å²) in [5.74, 6) is 1.04. The van der Waals surface area contributed by atoms with E-state index < -0.39 is 0 Å². The number of amides is 2. The van der Waals surface area contributed by atoms with E-state index in [2.05, 4.69) is 54.0 Å². The SMILES string of the molecule is CCCCc1ncc([C@@H]2CN(C(=O)c3cccc4ccccc34)CCN2C(C)=O)n1Cc1ccc2ccccc2c1.Cl.Cl. The molecule has 0 radical (unpaired) electrons. The van der Waals surface area contributed by atoms with Gasteiger partial charge in [0.05, 0.1) is 17.9 Å². The molecule has 0 unspecified atom stereocenters. The maximum Gasteiger partial charge on any atom is 0.254 e. The molecule has 0 aliphatic carbocycles. The van der Waals surface area contributed by atoms with Crippen molar-refractivity contribution in [3.8, 4) is 0 Å². The maximum absolute atomic E-state index is 13.9. The average molecular weight is 618 g/mol. The van der Waals surface area contributed by atoms with Crippen molar-refractivity contribution in [1.29, 1.82) is 0 Å². The zero-order valence-electron chi connectivity index (χ0n) is 24.6. The van der Waals surface area contributed by atoms with Crippen LogP contribution in [0.25, 0.3) is 21.5 Å². The summed E-state index contributed by atoms with van der Waals surface area (Å²) in [6.45, 7) is 5.89. The highest BCUT2D eigenvalue weighted by Crippen LogP contribution is 2.30. The molecule has 0 saturated carbocycles. The summed E-state index contributed by atoms with van der Waals surface area (Å²) in [5, 5.41) is 4.42. The van der Waals surface area contributed by atoms with Gasteiger partial charge in [0.15, 0.2) is 0 Å². The number of rotatable bonds is 7. The van der Waals surface area contributed by atoms with Crippen molar-refractivity contribution in [3.05, 3.63) is 114 Å². The van der Waals surface area contributed by atoms with E-state index in [1.54, 1.807) is 6.92 Å². The van der Waals surface area contributed by atoms with Gasteiger partial charge in [-0.25, -0.2) is 4.98 Å². The molecule has 5 aromatic rings. The highest BCUT2D eigenvalue weighted by Gasteiger charge is 2.35. The van der Waals surface area contributed by atoms with Gasteiger partial charge in [-0.2, -0.15) is 0 Å². The number of carbonyl (C=O) groups excluding carboxylic acids is 2. The summed E-state index contributed by atoms with van der Waals surface area (Å²) in [6, 6.07) is 28.6. The molecular weight excluding hydrogens is 579 g/mol. The van der Waals surface area contributed by atoms with Gasteiger partial charge in [-0.3, -0.25) is 9.59 Å². The molecule has 4 aromatic carbocycles. The normalized spacial score (nSPS) is 14.8. The van der Waals surface area contributed by atoms with Crippen molar-refractivity contribution in [2.24, 2.45) is 0 Å². The fraction of sp³-hybridized carbons (Fsp3) is 0.286. The molecular formula is C35H38Cl2N4O2. The Morgan fingerprint density at radius 1 is 0.860 bits per heavy atom.